The molecule has 0 radical (unpaired) electrons. The van der Waals surface area contributed by atoms with Gasteiger partial charge >= 0.3 is 6.03 Å². The number of nitrogens with one attached hydrogen (secondary N) is 2. The van der Waals surface area contributed by atoms with E-state index in [4.69, 9.17) is 14.2 Å². The topological polar surface area (TPSA) is 98.9 Å². The van der Waals surface area contributed by atoms with Gasteiger partial charge in [-0.15, -0.1) is 0 Å². The number of anilines is 4. The first kappa shape index (κ1) is 28.9. The van der Waals surface area contributed by atoms with E-state index in [1.807, 2.05) is 71.8 Å². The molecule has 0 spiro atoms. The highest BCUT2D eigenvalue weighted by Crippen LogP contribution is 2.36. The lowest BCUT2D eigenvalue weighted by atomic mass is 10.1. The minimum absolute atomic E-state index is 0.139. The van der Waals surface area contributed by atoms with Crippen LogP contribution in [0.15, 0.2) is 103 Å². The van der Waals surface area contributed by atoms with Gasteiger partial charge in [0.25, 0.3) is 0 Å². The Balaban J connectivity index is 1.29. The van der Waals surface area contributed by atoms with Crippen LogP contribution >= 0.6 is 0 Å². The lowest BCUT2D eigenvalue weighted by Crippen LogP contribution is -2.56. The van der Waals surface area contributed by atoms with Crippen LogP contribution in [0.2, 0.25) is 0 Å². The van der Waals surface area contributed by atoms with Crippen molar-refractivity contribution >= 4 is 34.7 Å². The predicted octanol–water partition coefficient (Wildman–Crippen LogP) is 4.48. The second kappa shape index (κ2) is 12.6. The number of urea groups is 1. The highest BCUT2D eigenvalue weighted by Gasteiger charge is 2.38. The molecule has 2 aromatic rings. The average Bonchev–Trinajstić information content (AvgIpc) is 3.06. The van der Waals surface area contributed by atoms with Crippen LogP contribution in [-0.4, -0.2) is 81.5 Å². The van der Waals surface area contributed by atoms with E-state index < -0.39 is 6.17 Å². The van der Waals surface area contributed by atoms with E-state index in [-0.39, 0.29) is 11.9 Å². The number of nitrogens with zero attached hydrogens (tertiary/aromatic N) is 4. The third-order valence-corrected chi connectivity index (χ3v) is 7.86. The quantitative estimate of drug-likeness (QED) is 0.431. The molecule has 1 saturated heterocycles. The molecule has 0 bridgehead atoms. The summed E-state index contributed by atoms with van der Waals surface area (Å²) < 4.78 is 17.4. The second-order valence-corrected chi connectivity index (χ2v) is 10.7. The van der Waals surface area contributed by atoms with Crippen LogP contribution in [0.5, 0.6) is 5.75 Å². The zero-order chi connectivity index (χ0) is 30.6. The molecule has 4 heterocycles. The SMILES string of the molecule is C=CC(=O)Nc1cccc(N2C=CC=CC2N2C(=O)N(C)CC3=C2C=C(Nc2ccc(N4CCOCC4)cc2OC)OC3)c1. The van der Waals surface area contributed by atoms with E-state index in [1.54, 1.807) is 24.0 Å². The van der Waals surface area contributed by atoms with Crippen molar-refractivity contribution in [2.75, 3.05) is 74.0 Å². The Labute approximate surface area is 256 Å². The molecule has 1 atom stereocenters. The summed E-state index contributed by atoms with van der Waals surface area (Å²) in [6.07, 6.45) is 10.4. The summed E-state index contributed by atoms with van der Waals surface area (Å²) in [4.78, 5) is 33.5. The molecule has 0 saturated carbocycles. The molecule has 6 rings (SSSR count). The van der Waals surface area contributed by atoms with Crippen molar-refractivity contribution in [3.8, 4) is 5.75 Å². The van der Waals surface area contributed by atoms with E-state index in [1.165, 1.54) is 6.08 Å². The van der Waals surface area contributed by atoms with Crippen molar-refractivity contribution in [1.82, 2.24) is 9.80 Å². The highest BCUT2D eigenvalue weighted by molar-refractivity contribution is 5.99. The number of methoxy groups -OCH3 is 1. The second-order valence-electron chi connectivity index (χ2n) is 10.7. The van der Waals surface area contributed by atoms with Gasteiger partial charge in [0.2, 0.25) is 5.91 Å². The predicted molar refractivity (Wildman–Crippen MR) is 170 cm³/mol. The minimum Gasteiger partial charge on any atom is -0.494 e. The van der Waals surface area contributed by atoms with E-state index in [0.29, 0.717) is 43.7 Å². The van der Waals surface area contributed by atoms with Gasteiger partial charge in [0.1, 0.15) is 18.5 Å². The molecule has 0 aromatic heterocycles. The summed E-state index contributed by atoms with van der Waals surface area (Å²) in [6.45, 7) is 7.37. The molecule has 11 heteroatoms. The van der Waals surface area contributed by atoms with Crippen molar-refractivity contribution in [2.24, 2.45) is 0 Å². The zero-order valence-corrected chi connectivity index (χ0v) is 24.9. The maximum absolute atomic E-state index is 13.8. The average molecular weight is 597 g/mol. The maximum Gasteiger partial charge on any atom is 0.326 e. The maximum atomic E-state index is 13.8. The van der Waals surface area contributed by atoms with E-state index in [9.17, 15) is 9.59 Å². The first-order valence-corrected chi connectivity index (χ1v) is 14.5. The normalized spacial score (nSPS) is 19.7. The summed E-state index contributed by atoms with van der Waals surface area (Å²) in [5, 5.41) is 6.19. The molecule has 3 amide bonds. The number of hydrogen-bond acceptors (Lipinski definition) is 8. The molecule has 4 aliphatic heterocycles. The number of carbonyl (C=O) groups is 2. The fourth-order valence-electron chi connectivity index (χ4n) is 5.65. The van der Waals surface area contributed by atoms with Crippen LogP contribution in [0.4, 0.5) is 27.5 Å². The molecule has 4 aliphatic rings. The number of allylic oxidation sites excluding steroid dienone is 3. The molecule has 44 heavy (non-hydrogen) atoms. The fourth-order valence-corrected chi connectivity index (χ4v) is 5.65. The molecule has 228 valence electrons. The summed E-state index contributed by atoms with van der Waals surface area (Å²) in [6, 6.07) is 13.4. The van der Waals surface area contributed by atoms with Crippen molar-refractivity contribution < 1.29 is 23.8 Å². The van der Waals surface area contributed by atoms with E-state index >= 15 is 0 Å². The number of amides is 3. The lowest BCUT2D eigenvalue weighted by molar-refractivity contribution is -0.111. The van der Waals surface area contributed by atoms with E-state index in [2.05, 4.69) is 28.2 Å². The number of hydrogen-bond donors (Lipinski definition) is 2. The third kappa shape index (κ3) is 5.86. The van der Waals surface area contributed by atoms with Gasteiger partial charge in [-0.2, -0.15) is 0 Å². The summed E-state index contributed by atoms with van der Waals surface area (Å²) in [5.74, 6) is 0.902. The Kier molecular flexibility index (Phi) is 8.29. The smallest absolute Gasteiger partial charge is 0.326 e. The van der Waals surface area contributed by atoms with Gasteiger partial charge in [-0.25, -0.2) is 4.79 Å². The van der Waals surface area contributed by atoms with E-state index in [0.717, 1.165) is 41.4 Å². The Morgan fingerprint density at radius 3 is 2.75 bits per heavy atom. The number of benzene rings is 2. The number of carbonyl (C=O) groups excluding carboxylic acids is 2. The number of rotatable bonds is 8. The van der Waals surface area contributed by atoms with Gasteiger partial charge in [0.15, 0.2) is 5.88 Å². The molecule has 0 aliphatic carbocycles. The standard InChI is InChI=1S/C33H36N6O5/c1-4-30(40)34-24-8-7-9-26(18-24)38-13-6-5-10-32(38)39-28-20-31(44-22-23(28)21-36(2)33(39)41)35-27-12-11-25(19-29(27)42-3)37-14-16-43-17-15-37/h4-13,18-20,32,35H,1,14-17,21-22H2,2-3H3,(H,34,40). The van der Waals surface area contributed by atoms with Crippen molar-refractivity contribution in [1.29, 1.82) is 0 Å². The highest BCUT2D eigenvalue weighted by atomic mass is 16.5. The summed E-state index contributed by atoms with van der Waals surface area (Å²) in [7, 11) is 3.43. The zero-order valence-electron chi connectivity index (χ0n) is 24.9. The Bertz CT molecular complexity index is 1570. The molecule has 1 unspecified atom stereocenters. The van der Waals surface area contributed by atoms with Crippen LogP contribution in [-0.2, 0) is 14.3 Å². The van der Waals surface area contributed by atoms with Gasteiger partial charge in [0.05, 0.1) is 31.7 Å². The van der Waals surface area contributed by atoms with Crippen LogP contribution < -0.4 is 25.2 Å². The molecule has 2 N–H and O–H groups in total. The third-order valence-electron chi connectivity index (χ3n) is 7.86. The Morgan fingerprint density at radius 1 is 1.11 bits per heavy atom. The van der Waals surface area contributed by atoms with Crippen molar-refractivity contribution in [3.63, 3.8) is 0 Å². The molecule has 11 nitrogen and oxygen atoms in total. The number of morpholine rings is 1. The van der Waals surface area contributed by atoms with Crippen LogP contribution in [0.25, 0.3) is 0 Å². The van der Waals surface area contributed by atoms with Gasteiger partial charge in [-0.05, 0) is 48.6 Å². The Hall–Kier alpha value is -5.16. The first-order chi connectivity index (χ1) is 21.4. The molecular weight excluding hydrogens is 560 g/mol. The Morgan fingerprint density at radius 2 is 1.95 bits per heavy atom. The van der Waals surface area contributed by atoms with Crippen LogP contribution in [0, 0.1) is 0 Å². The van der Waals surface area contributed by atoms with Gasteiger partial charge in [-0.3, -0.25) is 9.69 Å². The summed E-state index contributed by atoms with van der Waals surface area (Å²) >= 11 is 0. The van der Waals surface area contributed by atoms with Gasteiger partial charge in [-0.1, -0.05) is 18.7 Å². The number of ether oxygens (including phenoxy) is 3. The summed E-state index contributed by atoms with van der Waals surface area (Å²) in [5.41, 5.74) is 5.02. The van der Waals surface area contributed by atoms with Gasteiger partial charge < -0.3 is 39.5 Å². The fraction of sp³-hybridized carbons (Fsp3) is 0.273. The van der Waals surface area contributed by atoms with Gasteiger partial charge in [0, 0.05) is 67.7 Å². The van der Waals surface area contributed by atoms with Crippen LogP contribution in [0.1, 0.15) is 0 Å². The number of likely N-dealkylation sites (N-methyl/N-ethyl adjacent to an activating group) is 1. The first-order valence-electron chi connectivity index (χ1n) is 14.5. The minimum atomic E-state index is -0.469. The molecule has 2 aromatic carbocycles. The lowest BCUT2D eigenvalue weighted by Gasteiger charge is -2.45. The van der Waals surface area contributed by atoms with Crippen molar-refractivity contribution in [3.05, 3.63) is 103 Å². The van der Waals surface area contributed by atoms with Crippen molar-refractivity contribution in [2.45, 2.75) is 6.17 Å². The monoisotopic (exact) mass is 596 g/mol. The molecule has 1 fully saturated rings. The largest absolute Gasteiger partial charge is 0.494 e. The van der Waals surface area contributed by atoms with Crippen LogP contribution in [0.3, 0.4) is 0 Å². The molecular formula is C33H36N6O5.